The molecule has 0 amide bonds. The van der Waals surface area contributed by atoms with E-state index in [1.54, 1.807) is 0 Å². The van der Waals surface area contributed by atoms with Crippen molar-refractivity contribution in [1.82, 2.24) is 4.98 Å². The minimum atomic E-state index is 0.0821. The number of hydrogen-bond acceptors (Lipinski definition) is 3. The summed E-state index contributed by atoms with van der Waals surface area (Å²) >= 11 is 5.92. The molecule has 2 heterocycles. The quantitative estimate of drug-likeness (QED) is 0.789. The van der Waals surface area contributed by atoms with Gasteiger partial charge in [0.25, 0.3) is 0 Å². The number of benzene rings is 1. The lowest BCUT2D eigenvalue weighted by atomic mass is 10.2. The summed E-state index contributed by atoms with van der Waals surface area (Å²) in [6.45, 7) is 3.74. The summed E-state index contributed by atoms with van der Waals surface area (Å²) in [7, 11) is 0. The fourth-order valence-electron chi connectivity index (χ4n) is 2.55. The molecule has 0 saturated carbocycles. The molecule has 4 heteroatoms. The highest BCUT2D eigenvalue weighted by Crippen LogP contribution is 2.22. The number of pyridine rings is 1. The predicted octanol–water partition coefficient (Wildman–Crippen LogP) is 3.07. The first-order valence-corrected chi connectivity index (χ1v) is 7.12. The van der Waals surface area contributed by atoms with E-state index in [1.165, 1.54) is 5.39 Å². The fourth-order valence-corrected chi connectivity index (χ4v) is 2.72. The number of hydrogen-bond donors (Lipinski definition) is 0. The Kier molecular flexibility index (Phi) is 3.58. The lowest BCUT2D eigenvalue weighted by molar-refractivity contribution is -0.00355. The van der Waals surface area contributed by atoms with E-state index in [9.17, 15) is 0 Å². The third-order valence-corrected chi connectivity index (χ3v) is 3.75. The molecule has 2 aromatic rings. The molecule has 3 rings (SSSR count). The minimum Gasteiger partial charge on any atom is -0.370 e. The van der Waals surface area contributed by atoms with Crippen molar-refractivity contribution in [2.24, 2.45) is 0 Å². The number of para-hydroxylation sites is 1. The van der Waals surface area contributed by atoms with Crippen LogP contribution in [0.2, 0.25) is 0 Å². The Hall–Kier alpha value is -1.32. The number of alkyl halides is 1. The normalized spacial score (nSPS) is 23.8. The number of nitrogens with zero attached hydrogens (tertiary/aromatic N) is 2. The highest BCUT2D eigenvalue weighted by atomic mass is 35.5. The van der Waals surface area contributed by atoms with Gasteiger partial charge < -0.3 is 9.64 Å². The second-order valence-corrected chi connectivity index (χ2v) is 5.30. The van der Waals surface area contributed by atoms with E-state index in [1.807, 2.05) is 18.2 Å². The number of fused-ring (bicyclic) bond motifs is 1. The van der Waals surface area contributed by atoms with Crippen LogP contribution in [0.25, 0.3) is 10.9 Å². The van der Waals surface area contributed by atoms with Gasteiger partial charge in [0.15, 0.2) is 0 Å². The summed E-state index contributed by atoms with van der Waals surface area (Å²) in [5, 5.41) is 1.17. The average molecular weight is 277 g/mol. The van der Waals surface area contributed by atoms with Crippen LogP contribution >= 0.6 is 11.6 Å². The lowest BCUT2D eigenvalue weighted by Crippen LogP contribution is -2.47. The molecule has 0 radical (unpaired) electrons. The number of halogens is 1. The standard InChI is InChI=1S/C15H17ClN2O/c1-11-9-18(10-13(8-16)19-11)15-7-6-12-4-2-3-5-14(12)17-15/h2-7,11,13H,8-10H2,1H3. The summed E-state index contributed by atoms with van der Waals surface area (Å²) < 4.78 is 5.77. The van der Waals surface area contributed by atoms with Crippen LogP contribution in [-0.2, 0) is 4.74 Å². The van der Waals surface area contributed by atoms with Crippen LogP contribution in [0, 0.1) is 0 Å². The molecule has 1 aromatic carbocycles. The molecule has 2 unspecified atom stereocenters. The van der Waals surface area contributed by atoms with Crippen molar-refractivity contribution in [3.63, 3.8) is 0 Å². The topological polar surface area (TPSA) is 25.4 Å². The molecule has 0 bridgehead atoms. The molecule has 1 saturated heterocycles. The lowest BCUT2D eigenvalue weighted by Gasteiger charge is -2.36. The molecule has 0 N–H and O–H groups in total. The molecule has 2 atom stereocenters. The van der Waals surface area contributed by atoms with Crippen molar-refractivity contribution in [2.45, 2.75) is 19.1 Å². The van der Waals surface area contributed by atoms with Crippen LogP contribution < -0.4 is 4.90 Å². The monoisotopic (exact) mass is 276 g/mol. The summed E-state index contributed by atoms with van der Waals surface area (Å²) in [5.41, 5.74) is 1.03. The van der Waals surface area contributed by atoms with Gasteiger partial charge in [-0.05, 0) is 25.1 Å². The molecular weight excluding hydrogens is 260 g/mol. The molecule has 1 aliphatic heterocycles. The molecule has 1 aliphatic rings. The van der Waals surface area contributed by atoms with Gasteiger partial charge in [-0.2, -0.15) is 0 Å². The first-order valence-electron chi connectivity index (χ1n) is 6.58. The zero-order chi connectivity index (χ0) is 13.2. The number of morpholine rings is 1. The van der Waals surface area contributed by atoms with Crippen molar-refractivity contribution in [1.29, 1.82) is 0 Å². The maximum absolute atomic E-state index is 5.92. The van der Waals surface area contributed by atoms with E-state index in [4.69, 9.17) is 21.3 Å². The minimum absolute atomic E-state index is 0.0821. The van der Waals surface area contributed by atoms with Crippen molar-refractivity contribution >= 4 is 28.3 Å². The van der Waals surface area contributed by atoms with Crippen LogP contribution in [0.3, 0.4) is 0 Å². The molecule has 1 aromatic heterocycles. The third kappa shape index (κ3) is 2.67. The fraction of sp³-hybridized carbons (Fsp3) is 0.400. The smallest absolute Gasteiger partial charge is 0.129 e. The van der Waals surface area contributed by atoms with Gasteiger partial charge in [-0.25, -0.2) is 4.98 Å². The Bertz CT molecular complexity index is 575. The highest BCUT2D eigenvalue weighted by Gasteiger charge is 2.25. The maximum Gasteiger partial charge on any atom is 0.129 e. The van der Waals surface area contributed by atoms with Crippen LogP contribution in [0.1, 0.15) is 6.92 Å². The number of rotatable bonds is 2. The largest absolute Gasteiger partial charge is 0.370 e. The Labute approximate surface area is 118 Å². The Balaban J connectivity index is 1.90. The zero-order valence-corrected chi connectivity index (χ0v) is 11.7. The SMILES string of the molecule is CC1CN(c2ccc3ccccc3n2)CC(CCl)O1. The summed E-state index contributed by atoms with van der Waals surface area (Å²) in [4.78, 5) is 6.99. The Morgan fingerprint density at radius 2 is 2.11 bits per heavy atom. The molecule has 0 aliphatic carbocycles. The summed E-state index contributed by atoms with van der Waals surface area (Å²) in [5.74, 6) is 1.53. The third-order valence-electron chi connectivity index (χ3n) is 3.41. The van der Waals surface area contributed by atoms with Gasteiger partial charge in [0.1, 0.15) is 5.82 Å². The number of anilines is 1. The second kappa shape index (κ2) is 5.35. The van der Waals surface area contributed by atoms with E-state index in [-0.39, 0.29) is 12.2 Å². The number of ether oxygens (including phenoxy) is 1. The van der Waals surface area contributed by atoms with Gasteiger partial charge in [0.2, 0.25) is 0 Å². The van der Waals surface area contributed by atoms with Gasteiger partial charge >= 0.3 is 0 Å². The highest BCUT2D eigenvalue weighted by molar-refractivity contribution is 6.18. The molecule has 0 spiro atoms. The summed E-state index contributed by atoms with van der Waals surface area (Å²) in [6, 6.07) is 12.4. The van der Waals surface area contributed by atoms with Gasteiger partial charge in [-0.15, -0.1) is 11.6 Å². The van der Waals surface area contributed by atoms with Crippen LogP contribution in [-0.4, -0.2) is 36.2 Å². The molecule has 1 fully saturated rings. The zero-order valence-electron chi connectivity index (χ0n) is 10.9. The average Bonchev–Trinajstić information content (AvgIpc) is 2.46. The van der Waals surface area contributed by atoms with E-state index < -0.39 is 0 Å². The molecule has 19 heavy (non-hydrogen) atoms. The van der Waals surface area contributed by atoms with Gasteiger partial charge in [0.05, 0.1) is 23.6 Å². The maximum atomic E-state index is 5.92. The van der Waals surface area contributed by atoms with Crippen LogP contribution in [0.4, 0.5) is 5.82 Å². The molecule has 3 nitrogen and oxygen atoms in total. The van der Waals surface area contributed by atoms with E-state index in [0.717, 1.165) is 24.4 Å². The first-order chi connectivity index (χ1) is 9.26. The predicted molar refractivity (Wildman–Crippen MR) is 79.0 cm³/mol. The van der Waals surface area contributed by atoms with Crippen LogP contribution in [0.5, 0.6) is 0 Å². The van der Waals surface area contributed by atoms with E-state index in [2.05, 4.69) is 30.0 Å². The summed E-state index contributed by atoms with van der Waals surface area (Å²) in [6.07, 6.45) is 0.268. The van der Waals surface area contributed by atoms with Gasteiger partial charge in [-0.1, -0.05) is 18.2 Å². The van der Waals surface area contributed by atoms with E-state index >= 15 is 0 Å². The van der Waals surface area contributed by atoms with Gasteiger partial charge in [-0.3, -0.25) is 0 Å². The molecule has 100 valence electrons. The van der Waals surface area contributed by atoms with Crippen molar-refractivity contribution in [3.8, 4) is 0 Å². The van der Waals surface area contributed by atoms with E-state index in [0.29, 0.717) is 5.88 Å². The Morgan fingerprint density at radius 1 is 1.26 bits per heavy atom. The first kappa shape index (κ1) is 12.7. The van der Waals surface area contributed by atoms with Crippen molar-refractivity contribution < 1.29 is 4.74 Å². The number of aromatic nitrogens is 1. The Morgan fingerprint density at radius 3 is 2.95 bits per heavy atom. The molecular formula is C15H17ClN2O. The second-order valence-electron chi connectivity index (χ2n) is 4.99. The van der Waals surface area contributed by atoms with Gasteiger partial charge in [0, 0.05) is 18.5 Å². The van der Waals surface area contributed by atoms with Crippen molar-refractivity contribution in [3.05, 3.63) is 36.4 Å². The van der Waals surface area contributed by atoms with Crippen LogP contribution in [0.15, 0.2) is 36.4 Å². The van der Waals surface area contributed by atoms with Crippen molar-refractivity contribution in [2.75, 3.05) is 23.9 Å².